The number of rotatable bonds is 20. The van der Waals surface area contributed by atoms with Crippen molar-refractivity contribution >= 4 is 0 Å². The highest BCUT2D eigenvalue weighted by molar-refractivity contribution is 5.36. The lowest BCUT2D eigenvalue weighted by atomic mass is 10.0. The Morgan fingerprint density at radius 2 is 1.20 bits per heavy atom. The molecule has 0 aliphatic heterocycles. The Bertz CT molecular complexity index is 515. The van der Waals surface area contributed by atoms with Gasteiger partial charge in [-0.15, -0.1) is 0 Å². The lowest BCUT2D eigenvalue weighted by Crippen LogP contribution is -2.29. The molecular formula is C26H47NO3. The summed E-state index contributed by atoms with van der Waals surface area (Å²) >= 11 is 0. The fourth-order valence-corrected chi connectivity index (χ4v) is 4.04. The third-order valence-corrected chi connectivity index (χ3v) is 5.95. The second-order valence-electron chi connectivity index (χ2n) is 8.68. The van der Waals surface area contributed by atoms with Crippen LogP contribution >= 0.6 is 0 Å². The van der Waals surface area contributed by atoms with E-state index >= 15 is 0 Å². The van der Waals surface area contributed by atoms with Gasteiger partial charge in [0.15, 0.2) is 0 Å². The maximum atomic E-state index is 10.3. The minimum Gasteiger partial charge on any atom is -0.508 e. The van der Waals surface area contributed by atoms with Gasteiger partial charge < -0.3 is 15.3 Å². The standard InChI is InChI=1S/C26H47NO3/c1-2-3-4-5-6-7-8-9-10-11-12-13-14-15-24-16-17-25(26(30)22-24)23-27(18-20-28)19-21-29/h16-17,22,28-30H,2-15,18-21,23H2,1H3. The molecule has 174 valence electrons. The number of benzene rings is 1. The van der Waals surface area contributed by atoms with Gasteiger partial charge in [-0.05, 0) is 24.5 Å². The van der Waals surface area contributed by atoms with Gasteiger partial charge in [0.25, 0.3) is 0 Å². The summed E-state index contributed by atoms with van der Waals surface area (Å²) in [7, 11) is 0. The summed E-state index contributed by atoms with van der Waals surface area (Å²) in [6.45, 7) is 3.93. The van der Waals surface area contributed by atoms with E-state index in [-0.39, 0.29) is 13.2 Å². The summed E-state index contributed by atoms with van der Waals surface area (Å²) in [5, 5.41) is 28.6. The first-order valence-corrected chi connectivity index (χ1v) is 12.5. The van der Waals surface area contributed by atoms with Crippen molar-refractivity contribution in [3.8, 4) is 5.75 Å². The lowest BCUT2D eigenvalue weighted by molar-refractivity contribution is 0.155. The molecule has 0 radical (unpaired) electrons. The minimum absolute atomic E-state index is 0.0535. The van der Waals surface area contributed by atoms with Gasteiger partial charge in [-0.1, -0.05) is 96.1 Å². The molecule has 3 N–H and O–H groups in total. The molecule has 0 heterocycles. The first-order chi connectivity index (χ1) is 14.7. The van der Waals surface area contributed by atoms with Gasteiger partial charge in [0.05, 0.1) is 13.2 Å². The number of aryl methyl sites for hydroxylation is 1. The highest BCUT2D eigenvalue weighted by Crippen LogP contribution is 2.22. The van der Waals surface area contributed by atoms with Crippen molar-refractivity contribution in [2.24, 2.45) is 0 Å². The number of hydrogen-bond donors (Lipinski definition) is 3. The lowest BCUT2D eigenvalue weighted by Gasteiger charge is -2.20. The molecule has 0 aromatic heterocycles. The fraction of sp³-hybridized carbons (Fsp3) is 0.769. The molecule has 30 heavy (non-hydrogen) atoms. The van der Waals surface area contributed by atoms with Gasteiger partial charge in [-0.3, -0.25) is 4.90 Å². The average molecular weight is 422 g/mol. The minimum atomic E-state index is 0.0535. The smallest absolute Gasteiger partial charge is 0.120 e. The zero-order chi connectivity index (χ0) is 21.9. The molecule has 1 rings (SSSR count). The van der Waals surface area contributed by atoms with E-state index in [4.69, 9.17) is 10.2 Å². The zero-order valence-corrected chi connectivity index (χ0v) is 19.5. The van der Waals surface area contributed by atoms with Crippen molar-refractivity contribution < 1.29 is 15.3 Å². The Hall–Kier alpha value is -1.10. The van der Waals surface area contributed by atoms with Gasteiger partial charge in [-0.2, -0.15) is 0 Å². The highest BCUT2D eigenvalue weighted by Gasteiger charge is 2.09. The van der Waals surface area contributed by atoms with Crippen LogP contribution in [0, 0.1) is 0 Å². The molecule has 0 unspecified atom stereocenters. The molecule has 0 aliphatic carbocycles. The summed E-state index contributed by atoms with van der Waals surface area (Å²) in [5.41, 5.74) is 2.04. The molecule has 0 amide bonds. The van der Waals surface area contributed by atoms with Crippen LogP contribution in [0.4, 0.5) is 0 Å². The topological polar surface area (TPSA) is 63.9 Å². The molecule has 0 spiro atoms. The Balaban J connectivity index is 2.10. The largest absolute Gasteiger partial charge is 0.508 e. The number of nitrogens with zero attached hydrogens (tertiary/aromatic N) is 1. The van der Waals surface area contributed by atoms with E-state index in [2.05, 4.69) is 13.0 Å². The van der Waals surface area contributed by atoms with Crippen LogP contribution in [0.25, 0.3) is 0 Å². The van der Waals surface area contributed by atoms with Crippen molar-refractivity contribution in [2.75, 3.05) is 26.3 Å². The van der Waals surface area contributed by atoms with Crippen molar-refractivity contribution in [3.05, 3.63) is 29.3 Å². The second kappa shape index (κ2) is 18.7. The highest BCUT2D eigenvalue weighted by atomic mass is 16.3. The van der Waals surface area contributed by atoms with Gasteiger partial charge in [0, 0.05) is 25.2 Å². The molecule has 1 aromatic carbocycles. The van der Waals surface area contributed by atoms with E-state index in [1.165, 1.54) is 89.0 Å². The first kappa shape index (κ1) is 26.9. The van der Waals surface area contributed by atoms with Gasteiger partial charge in [0.2, 0.25) is 0 Å². The van der Waals surface area contributed by atoms with E-state index in [1.54, 1.807) is 0 Å². The van der Waals surface area contributed by atoms with Crippen LogP contribution in [0.5, 0.6) is 5.75 Å². The Labute approximate surface area is 185 Å². The van der Waals surface area contributed by atoms with Crippen LogP contribution in [0.2, 0.25) is 0 Å². The first-order valence-electron chi connectivity index (χ1n) is 12.5. The van der Waals surface area contributed by atoms with Gasteiger partial charge >= 0.3 is 0 Å². The van der Waals surface area contributed by atoms with E-state index in [1.807, 2.05) is 17.0 Å². The number of aliphatic hydroxyl groups excluding tert-OH is 2. The van der Waals surface area contributed by atoms with Crippen molar-refractivity contribution in [2.45, 2.75) is 103 Å². The number of phenolic OH excluding ortho intramolecular Hbond substituents is 1. The number of aliphatic hydroxyl groups is 2. The SMILES string of the molecule is CCCCCCCCCCCCCCCc1ccc(CN(CCO)CCO)c(O)c1. The monoisotopic (exact) mass is 421 g/mol. The van der Waals surface area contributed by atoms with Crippen LogP contribution < -0.4 is 0 Å². The van der Waals surface area contributed by atoms with Crippen molar-refractivity contribution in [1.29, 1.82) is 0 Å². The number of phenols is 1. The Morgan fingerprint density at radius 1 is 0.700 bits per heavy atom. The summed E-state index contributed by atoms with van der Waals surface area (Å²) in [6.07, 6.45) is 18.7. The molecule has 4 heteroatoms. The summed E-state index contributed by atoms with van der Waals surface area (Å²) in [5.74, 6) is 0.322. The zero-order valence-electron chi connectivity index (χ0n) is 19.5. The molecule has 4 nitrogen and oxygen atoms in total. The summed E-state index contributed by atoms with van der Waals surface area (Å²) in [6, 6.07) is 5.96. The summed E-state index contributed by atoms with van der Waals surface area (Å²) in [4.78, 5) is 1.95. The molecule has 0 atom stereocenters. The van der Waals surface area contributed by atoms with Gasteiger partial charge in [0.1, 0.15) is 5.75 Å². The van der Waals surface area contributed by atoms with E-state index in [9.17, 15) is 5.11 Å². The third kappa shape index (κ3) is 13.3. The van der Waals surface area contributed by atoms with Crippen LogP contribution in [-0.4, -0.2) is 46.5 Å². The maximum absolute atomic E-state index is 10.3. The van der Waals surface area contributed by atoms with Gasteiger partial charge in [-0.25, -0.2) is 0 Å². The van der Waals surface area contributed by atoms with E-state index in [0.717, 1.165) is 12.0 Å². The maximum Gasteiger partial charge on any atom is 0.120 e. The summed E-state index contributed by atoms with van der Waals surface area (Å²) < 4.78 is 0. The molecule has 1 aromatic rings. The molecule has 0 saturated carbocycles. The molecule has 0 fully saturated rings. The number of aromatic hydroxyl groups is 1. The van der Waals surface area contributed by atoms with Crippen molar-refractivity contribution in [3.63, 3.8) is 0 Å². The second-order valence-corrected chi connectivity index (χ2v) is 8.68. The van der Waals surface area contributed by atoms with Crippen LogP contribution in [0.3, 0.4) is 0 Å². The fourth-order valence-electron chi connectivity index (χ4n) is 4.04. The van der Waals surface area contributed by atoms with Crippen LogP contribution in [0.1, 0.15) is 102 Å². The van der Waals surface area contributed by atoms with Crippen LogP contribution in [-0.2, 0) is 13.0 Å². The van der Waals surface area contributed by atoms with Crippen molar-refractivity contribution in [1.82, 2.24) is 4.90 Å². The normalized spacial score (nSPS) is 11.5. The predicted molar refractivity (Wildman–Crippen MR) is 127 cm³/mol. The predicted octanol–water partition coefficient (Wildman–Crippen LogP) is 5.81. The Kier molecular flexibility index (Phi) is 16.7. The van der Waals surface area contributed by atoms with E-state index in [0.29, 0.717) is 25.4 Å². The Morgan fingerprint density at radius 3 is 1.67 bits per heavy atom. The van der Waals surface area contributed by atoms with E-state index < -0.39 is 0 Å². The molecule has 0 aliphatic rings. The molecule has 0 saturated heterocycles. The average Bonchev–Trinajstić information content (AvgIpc) is 2.73. The molecular weight excluding hydrogens is 374 g/mol. The number of unbranched alkanes of at least 4 members (excludes halogenated alkanes) is 12. The molecule has 0 bridgehead atoms. The quantitative estimate of drug-likeness (QED) is 0.232. The third-order valence-electron chi connectivity index (χ3n) is 5.95. The number of hydrogen-bond acceptors (Lipinski definition) is 4. The van der Waals surface area contributed by atoms with Crippen LogP contribution in [0.15, 0.2) is 18.2 Å².